The van der Waals surface area contributed by atoms with Crippen molar-refractivity contribution >= 4 is 31.9 Å². The number of aliphatic carboxylic acids is 1. The van der Waals surface area contributed by atoms with E-state index in [2.05, 4.69) is 22.5 Å². The summed E-state index contributed by atoms with van der Waals surface area (Å²) in [5, 5.41) is 8.86. The molecular formula is C11H10BrF2NO4S. The van der Waals surface area contributed by atoms with Gasteiger partial charge in [-0.15, -0.1) is 6.58 Å². The molecule has 110 valence electrons. The van der Waals surface area contributed by atoms with Crippen LogP contribution in [0.5, 0.6) is 0 Å². The number of benzene rings is 1. The van der Waals surface area contributed by atoms with Crippen LogP contribution in [0.1, 0.15) is 6.42 Å². The minimum absolute atomic E-state index is 0.186. The van der Waals surface area contributed by atoms with Crippen molar-refractivity contribution in [2.75, 3.05) is 0 Å². The zero-order valence-corrected chi connectivity index (χ0v) is 12.3. The zero-order chi connectivity index (χ0) is 15.5. The third kappa shape index (κ3) is 3.84. The molecule has 0 radical (unpaired) electrons. The van der Waals surface area contributed by atoms with Crippen molar-refractivity contribution in [3.63, 3.8) is 0 Å². The van der Waals surface area contributed by atoms with E-state index in [0.717, 1.165) is 6.07 Å². The van der Waals surface area contributed by atoms with Crippen LogP contribution in [-0.2, 0) is 14.8 Å². The molecule has 0 amide bonds. The third-order valence-electron chi connectivity index (χ3n) is 2.23. The molecule has 2 N–H and O–H groups in total. The second-order valence-electron chi connectivity index (χ2n) is 3.74. The van der Waals surface area contributed by atoms with Crippen LogP contribution in [0.2, 0.25) is 0 Å². The van der Waals surface area contributed by atoms with Gasteiger partial charge < -0.3 is 5.11 Å². The van der Waals surface area contributed by atoms with Gasteiger partial charge in [0, 0.05) is 10.5 Å². The van der Waals surface area contributed by atoms with Crippen molar-refractivity contribution in [2.24, 2.45) is 0 Å². The van der Waals surface area contributed by atoms with E-state index in [1.54, 1.807) is 0 Å². The number of hydrogen-bond donors (Lipinski definition) is 2. The van der Waals surface area contributed by atoms with Gasteiger partial charge in [0.1, 0.15) is 22.6 Å². The summed E-state index contributed by atoms with van der Waals surface area (Å²) in [6.45, 7) is 3.30. The zero-order valence-electron chi connectivity index (χ0n) is 9.94. The normalized spacial score (nSPS) is 12.9. The lowest BCUT2D eigenvalue weighted by atomic mass is 10.2. The van der Waals surface area contributed by atoms with E-state index >= 15 is 0 Å². The first-order chi connectivity index (χ1) is 9.19. The lowest BCUT2D eigenvalue weighted by molar-refractivity contribution is -0.138. The molecule has 9 heteroatoms. The van der Waals surface area contributed by atoms with Gasteiger partial charge in [0.2, 0.25) is 10.0 Å². The van der Waals surface area contributed by atoms with Gasteiger partial charge in [0.15, 0.2) is 0 Å². The molecule has 0 saturated carbocycles. The maximum Gasteiger partial charge on any atom is 0.322 e. The summed E-state index contributed by atoms with van der Waals surface area (Å²) < 4.78 is 51.9. The Morgan fingerprint density at radius 2 is 2.10 bits per heavy atom. The SMILES string of the molecule is C=CCC(NS(=O)(=O)c1c(F)cc(F)cc1Br)C(=O)O. The van der Waals surface area contributed by atoms with E-state index in [1.165, 1.54) is 6.08 Å². The summed E-state index contributed by atoms with van der Waals surface area (Å²) in [4.78, 5) is 10.0. The molecule has 20 heavy (non-hydrogen) atoms. The Bertz CT molecular complexity index is 625. The largest absolute Gasteiger partial charge is 0.480 e. The number of carboxylic acids is 1. The van der Waals surface area contributed by atoms with Crippen molar-refractivity contribution in [3.05, 3.63) is 40.9 Å². The molecule has 1 unspecified atom stereocenters. The number of sulfonamides is 1. The first-order valence-corrected chi connectivity index (χ1v) is 7.47. The maximum atomic E-state index is 13.6. The van der Waals surface area contributed by atoms with Crippen LogP contribution in [-0.4, -0.2) is 25.5 Å². The fourth-order valence-electron chi connectivity index (χ4n) is 1.40. The highest BCUT2D eigenvalue weighted by Crippen LogP contribution is 2.26. The van der Waals surface area contributed by atoms with Crippen molar-refractivity contribution in [1.29, 1.82) is 0 Å². The fourth-order valence-corrected chi connectivity index (χ4v) is 3.77. The van der Waals surface area contributed by atoms with E-state index < -0.39 is 38.6 Å². The second-order valence-corrected chi connectivity index (χ2v) is 6.24. The topological polar surface area (TPSA) is 83.5 Å². The number of halogens is 3. The molecule has 0 aliphatic carbocycles. The summed E-state index contributed by atoms with van der Waals surface area (Å²) >= 11 is 2.73. The van der Waals surface area contributed by atoms with E-state index in [-0.39, 0.29) is 10.9 Å². The third-order valence-corrected chi connectivity index (χ3v) is 4.66. The molecule has 0 saturated heterocycles. The van der Waals surface area contributed by atoms with Crippen molar-refractivity contribution in [1.82, 2.24) is 4.72 Å². The minimum atomic E-state index is -4.47. The molecule has 0 aromatic heterocycles. The number of nitrogens with one attached hydrogen (secondary N) is 1. The first-order valence-electron chi connectivity index (χ1n) is 5.19. The number of carbonyl (C=O) groups is 1. The molecule has 0 aliphatic rings. The number of rotatable bonds is 6. The van der Waals surface area contributed by atoms with Gasteiger partial charge in [-0.2, -0.15) is 4.72 Å². The number of carboxylic acid groups (broad SMARTS) is 1. The molecule has 1 rings (SSSR count). The average molecular weight is 370 g/mol. The summed E-state index contributed by atoms with van der Waals surface area (Å²) in [7, 11) is -4.47. The summed E-state index contributed by atoms with van der Waals surface area (Å²) in [6, 6.07) is -0.336. The fraction of sp³-hybridized carbons (Fsp3) is 0.182. The highest BCUT2D eigenvalue weighted by molar-refractivity contribution is 9.10. The molecule has 1 aromatic carbocycles. The Morgan fingerprint density at radius 1 is 1.50 bits per heavy atom. The average Bonchev–Trinajstić information content (AvgIpc) is 2.25. The van der Waals surface area contributed by atoms with Gasteiger partial charge in [-0.25, -0.2) is 17.2 Å². The second kappa shape index (κ2) is 6.42. The molecule has 0 aliphatic heterocycles. The Labute approximate surface area is 122 Å². The van der Waals surface area contributed by atoms with Gasteiger partial charge in [0.05, 0.1) is 0 Å². The predicted octanol–water partition coefficient (Wildman–Crippen LogP) is 2.03. The monoisotopic (exact) mass is 369 g/mol. The highest BCUT2D eigenvalue weighted by Gasteiger charge is 2.29. The quantitative estimate of drug-likeness (QED) is 0.751. The van der Waals surface area contributed by atoms with Gasteiger partial charge in [-0.3, -0.25) is 4.79 Å². The van der Waals surface area contributed by atoms with E-state index in [0.29, 0.717) is 6.07 Å². The van der Waals surface area contributed by atoms with Crippen molar-refractivity contribution in [2.45, 2.75) is 17.4 Å². The van der Waals surface area contributed by atoms with Crippen LogP contribution in [0.4, 0.5) is 8.78 Å². The summed E-state index contributed by atoms with van der Waals surface area (Å²) in [5.74, 6) is -3.73. The molecule has 1 atom stereocenters. The molecular weight excluding hydrogens is 360 g/mol. The molecule has 0 heterocycles. The first kappa shape index (κ1) is 16.7. The van der Waals surface area contributed by atoms with Crippen LogP contribution < -0.4 is 4.72 Å². The van der Waals surface area contributed by atoms with E-state index in [4.69, 9.17) is 5.11 Å². The molecule has 0 fully saturated rings. The van der Waals surface area contributed by atoms with E-state index in [1.807, 2.05) is 4.72 Å². The minimum Gasteiger partial charge on any atom is -0.480 e. The standard InChI is InChI=1S/C11H10BrF2NO4S/c1-2-3-9(11(16)17)15-20(18,19)10-7(12)4-6(13)5-8(10)14/h2,4-5,9,15H,1,3H2,(H,16,17). The van der Waals surface area contributed by atoms with Crippen LogP contribution in [0.15, 0.2) is 34.2 Å². The lowest BCUT2D eigenvalue weighted by Gasteiger charge is -2.14. The Hall–Kier alpha value is -1.32. The van der Waals surface area contributed by atoms with Crippen LogP contribution in [0, 0.1) is 11.6 Å². The lowest BCUT2D eigenvalue weighted by Crippen LogP contribution is -2.40. The van der Waals surface area contributed by atoms with Crippen molar-refractivity contribution in [3.8, 4) is 0 Å². The van der Waals surface area contributed by atoms with E-state index in [9.17, 15) is 22.0 Å². The molecule has 5 nitrogen and oxygen atoms in total. The van der Waals surface area contributed by atoms with Crippen LogP contribution >= 0.6 is 15.9 Å². The molecule has 0 bridgehead atoms. The Balaban J connectivity index is 3.24. The van der Waals surface area contributed by atoms with Crippen LogP contribution in [0.25, 0.3) is 0 Å². The summed E-state index contributed by atoms with van der Waals surface area (Å²) in [6.07, 6.45) is 1.02. The van der Waals surface area contributed by atoms with Crippen molar-refractivity contribution < 1.29 is 27.1 Å². The predicted molar refractivity (Wildman–Crippen MR) is 70.6 cm³/mol. The van der Waals surface area contributed by atoms with Crippen LogP contribution in [0.3, 0.4) is 0 Å². The summed E-state index contributed by atoms with van der Waals surface area (Å²) in [5.41, 5.74) is 0. The van der Waals surface area contributed by atoms with Gasteiger partial charge in [-0.1, -0.05) is 6.08 Å². The molecule has 1 aromatic rings. The number of hydrogen-bond acceptors (Lipinski definition) is 3. The van der Waals surface area contributed by atoms with Gasteiger partial charge in [0.25, 0.3) is 0 Å². The van der Waals surface area contributed by atoms with Gasteiger partial charge in [-0.05, 0) is 28.4 Å². The Morgan fingerprint density at radius 3 is 2.55 bits per heavy atom. The Kier molecular flexibility index (Phi) is 5.37. The smallest absolute Gasteiger partial charge is 0.322 e. The maximum absolute atomic E-state index is 13.6. The molecule has 0 spiro atoms. The highest BCUT2D eigenvalue weighted by atomic mass is 79.9. The van der Waals surface area contributed by atoms with Gasteiger partial charge >= 0.3 is 5.97 Å².